The van der Waals surface area contributed by atoms with Crippen LogP contribution >= 0.6 is 12.2 Å². The third-order valence-corrected chi connectivity index (χ3v) is 5.17. The maximum absolute atomic E-state index is 12.6. The Labute approximate surface area is 165 Å². The number of carbonyl (C=O) groups is 1. The highest BCUT2D eigenvalue weighted by Crippen LogP contribution is 2.26. The van der Waals surface area contributed by atoms with Gasteiger partial charge in [0.2, 0.25) is 5.91 Å². The van der Waals surface area contributed by atoms with E-state index in [9.17, 15) is 4.79 Å². The second-order valence-corrected chi connectivity index (χ2v) is 7.54. The van der Waals surface area contributed by atoms with Crippen LogP contribution in [0.25, 0.3) is 10.8 Å². The van der Waals surface area contributed by atoms with Crippen LogP contribution in [0.5, 0.6) is 0 Å². The van der Waals surface area contributed by atoms with Crippen LogP contribution in [0.1, 0.15) is 49.3 Å². The van der Waals surface area contributed by atoms with Crippen LogP contribution in [-0.2, 0) is 4.79 Å². The maximum atomic E-state index is 12.6. The normalized spacial score (nSPS) is 12.0. The quantitative estimate of drug-likeness (QED) is 0.436. The molecule has 0 spiro atoms. The van der Waals surface area contributed by atoms with Crippen LogP contribution in [0.3, 0.4) is 0 Å². The topological polar surface area (TPSA) is 42.0 Å². The number of pyridine rings is 1. The van der Waals surface area contributed by atoms with E-state index in [0.29, 0.717) is 6.42 Å². The van der Waals surface area contributed by atoms with Gasteiger partial charge in [-0.3, -0.25) is 9.78 Å². The molecule has 0 aliphatic heterocycles. The van der Waals surface area contributed by atoms with Crippen LogP contribution in [-0.4, -0.2) is 15.8 Å². The molecule has 2 aromatic carbocycles. The highest BCUT2D eigenvalue weighted by Gasteiger charge is 2.15. The number of amides is 1. The van der Waals surface area contributed by atoms with Crippen LogP contribution in [0.2, 0.25) is 0 Å². The number of aromatic nitrogens is 1. The average Bonchev–Trinajstić information content (AvgIpc) is 2.67. The minimum atomic E-state index is 0.0254. The zero-order valence-corrected chi connectivity index (χ0v) is 16.8. The molecule has 0 unspecified atom stereocenters. The van der Waals surface area contributed by atoms with Crippen molar-refractivity contribution in [1.29, 1.82) is 0 Å². The van der Waals surface area contributed by atoms with Gasteiger partial charge in [0.25, 0.3) is 0 Å². The number of anilines is 1. The van der Waals surface area contributed by atoms with Crippen molar-refractivity contribution in [2.75, 3.05) is 5.32 Å². The summed E-state index contributed by atoms with van der Waals surface area (Å²) < 4.78 is 0. The van der Waals surface area contributed by atoms with Crippen molar-refractivity contribution in [2.45, 2.75) is 39.5 Å². The number of benzene rings is 2. The predicted molar refractivity (Wildman–Crippen MR) is 117 cm³/mol. The predicted octanol–water partition coefficient (Wildman–Crippen LogP) is 5.80. The Morgan fingerprint density at radius 2 is 2.00 bits per heavy atom. The molecular weight excluding hydrogens is 352 g/mol. The van der Waals surface area contributed by atoms with Gasteiger partial charge >= 0.3 is 0 Å². The van der Waals surface area contributed by atoms with Crippen molar-refractivity contribution in [1.82, 2.24) is 4.98 Å². The highest BCUT2D eigenvalue weighted by atomic mass is 32.1. The molecule has 0 saturated carbocycles. The van der Waals surface area contributed by atoms with Gasteiger partial charge < -0.3 is 5.32 Å². The molecule has 0 fully saturated rings. The van der Waals surface area contributed by atoms with Crippen molar-refractivity contribution in [3.63, 3.8) is 0 Å². The molecule has 0 radical (unpaired) electrons. The van der Waals surface area contributed by atoms with E-state index in [1.807, 2.05) is 56.6 Å². The Balaban J connectivity index is 1.75. The van der Waals surface area contributed by atoms with Crippen molar-refractivity contribution in [3.05, 3.63) is 71.5 Å². The molecule has 27 heavy (non-hydrogen) atoms. The summed E-state index contributed by atoms with van der Waals surface area (Å²) in [7, 11) is 0. The van der Waals surface area contributed by atoms with Gasteiger partial charge in [-0.2, -0.15) is 0 Å². The number of nitrogens with one attached hydrogen (secondary N) is 1. The molecule has 3 aromatic rings. The van der Waals surface area contributed by atoms with E-state index in [-0.39, 0.29) is 11.8 Å². The van der Waals surface area contributed by atoms with Gasteiger partial charge in [-0.1, -0.05) is 49.5 Å². The maximum Gasteiger partial charge on any atom is 0.224 e. The van der Waals surface area contributed by atoms with Crippen LogP contribution in [0.15, 0.2) is 54.9 Å². The van der Waals surface area contributed by atoms with E-state index in [0.717, 1.165) is 44.4 Å². The third kappa shape index (κ3) is 4.58. The van der Waals surface area contributed by atoms with Gasteiger partial charge in [0.05, 0.1) is 0 Å². The van der Waals surface area contributed by atoms with Gasteiger partial charge in [0, 0.05) is 34.8 Å². The molecule has 1 N–H and O–H groups in total. The Hall–Kier alpha value is -2.59. The second kappa shape index (κ2) is 8.40. The fraction of sp³-hybridized carbons (Fsp3) is 0.261. The lowest BCUT2D eigenvalue weighted by Gasteiger charge is -2.16. The van der Waals surface area contributed by atoms with E-state index in [1.165, 1.54) is 0 Å². The number of hydrogen-bond acceptors (Lipinski definition) is 3. The zero-order chi connectivity index (χ0) is 19.4. The van der Waals surface area contributed by atoms with Crippen LogP contribution in [0.4, 0.5) is 5.69 Å². The molecule has 1 amide bonds. The first-order valence-electron chi connectivity index (χ1n) is 9.23. The van der Waals surface area contributed by atoms with Crippen molar-refractivity contribution < 1.29 is 4.79 Å². The Bertz CT molecular complexity index is 997. The summed E-state index contributed by atoms with van der Waals surface area (Å²) in [6.45, 7) is 6.07. The van der Waals surface area contributed by atoms with Crippen molar-refractivity contribution >= 4 is 39.4 Å². The molecule has 0 bridgehead atoms. The molecule has 1 aromatic heterocycles. The molecule has 3 nitrogen and oxygen atoms in total. The minimum absolute atomic E-state index is 0.0254. The summed E-state index contributed by atoms with van der Waals surface area (Å²) in [6, 6.07) is 14.2. The van der Waals surface area contributed by atoms with E-state index in [1.54, 1.807) is 0 Å². The number of fused-ring (bicyclic) bond motifs is 1. The molecule has 3 rings (SSSR count). The first-order valence-corrected chi connectivity index (χ1v) is 9.64. The van der Waals surface area contributed by atoms with E-state index in [4.69, 9.17) is 12.2 Å². The number of rotatable bonds is 6. The number of hydrogen-bond donors (Lipinski definition) is 1. The smallest absolute Gasteiger partial charge is 0.224 e. The van der Waals surface area contributed by atoms with Gasteiger partial charge in [-0.05, 0) is 60.4 Å². The second-order valence-electron chi connectivity index (χ2n) is 6.93. The van der Waals surface area contributed by atoms with Gasteiger partial charge in [0.15, 0.2) is 0 Å². The Morgan fingerprint density at radius 3 is 2.74 bits per heavy atom. The summed E-state index contributed by atoms with van der Waals surface area (Å²) in [6.07, 6.45) is 5.03. The summed E-state index contributed by atoms with van der Waals surface area (Å²) in [5, 5.41) is 5.23. The van der Waals surface area contributed by atoms with Gasteiger partial charge in [0.1, 0.15) is 0 Å². The van der Waals surface area contributed by atoms with E-state index in [2.05, 4.69) is 29.4 Å². The van der Waals surface area contributed by atoms with Crippen LogP contribution in [0, 0.1) is 6.92 Å². The fourth-order valence-electron chi connectivity index (χ4n) is 3.33. The largest absolute Gasteiger partial charge is 0.326 e. The molecule has 0 aliphatic carbocycles. The summed E-state index contributed by atoms with van der Waals surface area (Å²) in [5.41, 5.74) is 4.14. The number of carbonyl (C=O) groups excluding carboxylic acids is 1. The van der Waals surface area contributed by atoms with Crippen molar-refractivity contribution in [2.24, 2.45) is 0 Å². The molecule has 0 saturated heterocycles. The molecular formula is C23H24N2OS. The lowest BCUT2D eigenvalue weighted by Crippen LogP contribution is -2.15. The molecule has 138 valence electrons. The summed E-state index contributed by atoms with van der Waals surface area (Å²) >= 11 is 5.28. The number of thiocarbonyl (C=S) groups is 1. The van der Waals surface area contributed by atoms with Crippen LogP contribution < -0.4 is 5.32 Å². The SMILES string of the molecule is CC[C@@H](CC(=O)Nc1ccc2cncc(C)c2c1)c1cccc(C(C)=S)c1. The van der Waals surface area contributed by atoms with Gasteiger partial charge in [-0.15, -0.1) is 0 Å². The zero-order valence-electron chi connectivity index (χ0n) is 16.0. The van der Waals surface area contributed by atoms with E-state index >= 15 is 0 Å². The Morgan fingerprint density at radius 1 is 1.19 bits per heavy atom. The molecule has 1 atom stereocenters. The third-order valence-electron chi connectivity index (χ3n) is 4.93. The van der Waals surface area contributed by atoms with Gasteiger partial charge in [-0.25, -0.2) is 0 Å². The molecule has 0 aliphatic rings. The number of aryl methyl sites for hydroxylation is 1. The Kier molecular flexibility index (Phi) is 5.97. The first-order chi connectivity index (χ1) is 13.0. The monoisotopic (exact) mass is 376 g/mol. The molecule has 1 heterocycles. The summed E-state index contributed by atoms with van der Waals surface area (Å²) in [5.74, 6) is 0.197. The lowest BCUT2D eigenvalue weighted by molar-refractivity contribution is -0.116. The average molecular weight is 377 g/mol. The minimum Gasteiger partial charge on any atom is -0.326 e. The first kappa shape index (κ1) is 19.2. The molecule has 4 heteroatoms. The number of nitrogens with zero attached hydrogens (tertiary/aromatic N) is 1. The lowest BCUT2D eigenvalue weighted by atomic mass is 9.91. The van der Waals surface area contributed by atoms with Crippen molar-refractivity contribution in [3.8, 4) is 0 Å². The summed E-state index contributed by atoms with van der Waals surface area (Å²) in [4.78, 5) is 17.7. The highest BCUT2D eigenvalue weighted by molar-refractivity contribution is 7.80. The standard InChI is InChI=1S/C23H24N2OS/c1-4-17(19-7-5-6-18(10-19)16(3)27)11-23(26)25-21-9-8-20-14-24-13-15(2)22(20)12-21/h5-10,12-14,17H,4,11H2,1-3H3,(H,25,26)/t17-/m0/s1. The van der Waals surface area contributed by atoms with E-state index < -0.39 is 0 Å². The fourth-order valence-corrected chi connectivity index (χ4v) is 3.46.